The van der Waals surface area contributed by atoms with Crippen LogP contribution in [0.3, 0.4) is 0 Å². The highest BCUT2D eigenvalue weighted by molar-refractivity contribution is 6.31. The van der Waals surface area contributed by atoms with E-state index in [1.807, 2.05) is 18.2 Å². The van der Waals surface area contributed by atoms with Crippen LogP contribution < -0.4 is 5.73 Å². The topological polar surface area (TPSA) is 29.3 Å². The molecule has 0 bridgehead atoms. The average molecular weight is 253 g/mol. The average Bonchev–Trinajstić information content (AvgIpc) is 2.26. The van der Waals surface area contributed by atoms with Gasteiger partial charge in [0.25, 0.3) is 0 Å². The molecule has 0 aromatic heterocycles. The van der Waals surface area contributed by atoms with Crippen molar-refractivity contribution in [1.82, 2.24) is 4.90 Å². The van der Waals surface area contributed by atoms with Gasteiger partial charge in [0.05, 0.1) is 0 Å². The Morgan fingerprint density at radius 3 is 2.53 bits per heavy atom. The van der Waals surface area contributed by atoms with Crippen LogP contribution in [0.4, 0.5) is 5.69 Å². The van der Waals surface area contributed by atoms with E-state index in [2.05, 4.69) is 18.7 Å². The summed E-state index contributed by atoms with van der Waals surface area (Å²) in [6.45, 7) is 5.54. The van der Waals surface area contributed by atoms with E-state index in [4.69, 9.17) is 17.3 Å². The van der Waals surface area contributed by atoms with Crippen LogP contribution in [0.25, 0.3) is 0 Å². The number of hydrogen-bond donors (Lipinski definition) is 1. The molecule has 1 aliphatic rings. The largest absolute Gasteiger partial charge is 0.399 e. The second-order valence-electron chi connectivity index (χ2n) is 5.15. The lowest BCUT2D eigenvalue weighted by molar-refractivity contribution is 0.0953. The maximum absolute atomic E-state index is 6.24. The smallest absolute Gasteiger partial charge is 0.0471 e. The molecule has 1 aromatic carbocycles. The van der Waals surface area contributed by atoms with E-state index in [-0.39, 0.29) is 0 Å². The third kappa shape index (κ3) is 2.93. The number of hydrogen-bond acceptors (Lipinski definition) is 2. The van der Waals surface area contributed by atoms with Gasteiger partial charge in [-0.2, -0.15) is 0 Å². The predicted molar refractivity (Wildman–Crippen MR) is 74.2 cm³/mol. The third-order valence-electron chi connectivity index (χ3n) is 3.81. The van der Waals surface area contributed by atoms with Crippen LogP contribution in [0, 0.1) is 0 Å². The summed E-state index contributed by atoms with van der Waals surface area (Å²) >= 11 is 6.24. The second-order valence-corrected chi connectivity index (χ2v) is 5.56. The molecule has 2 rings (SSSR count). The number of nitrogen functional groups attached to an aromatic ring is 1. The number of rotatable bonds is 2. The Labute approximate surface area is 109 Å². The first-order chi connectivity index (χ1) is 8.08. The SMILES string of the molecule is C[C@@H]1CCC[C@H](C)N1Cc1ccc(N)cc1Cl. The van der Waals surface area contributed by atoms with Gasteiger partial charge >= 0.3 is 0 Å². The quantitative estimate of drug-likeness (QED) is 0.814. The van der Waals surface area contributed by atoms with Crippen LogP contribution in [0.1, 0.15) is 38.7 Å². The van der Waals surface area contributed by atoms with Gasteiger partial charge in [-0.05, 0) is 44.4 Å². The standard InChI is InChI=1S/C14H21ClN2/c1-10-4-3-5-11(2)17(10)9-12-6-7-13(16)8-14(12)15/h6-8,10-11H,3-5,9,16H2,1-2H3/t10-,11+. The molecule has 3 heteroatoms. The molecule has 1 aromatic rings. The zero-order valence-electron chi connectivity index (χ0n) is 10.6. The van der Waals surface area contributed by atoms with Gasteiger partial charge < -0.3 is 5.73 Å². The molecular weight excluding hydrogens is 232 g/mol. The highest BCUT2D eigenvalue weighted by Crippen LogP contribution is 2.27. The van der Waals surface area contributed by atoms with E-state index in [1.165, 1.54) is 24.8 Å². The van der Waals surface area contributed by atoms with E-state index < -0.39 is 0 Å². The lowest BCUT2D eigenvalue weighted by Gasteiger charge is -2.39. The molecule has 0 unspecified atom stereocenters. The monoisotopic (exact) mass is 252 g/mol. The Balaban J connectivity index is 2.13. The summed E-state index contributed by atoms with van der Waals surface area (Å²) in [4.78, 5) is 2.54. The molecule has 1 saturated heterocycles. The van der Waals surface area contributed by atoms with Crippen LogP contribution in [-0.2, 0) is 6.54 Å². The fourth-order valence-corrected chi connectivity index (χ4v) is 2.92. The molecule has 1 heterocycles. The predicted octanol–water partition coefficient (Wildman–Crippen LogP) is 3.69. The van der Waals surface area contributed by atoms with Crippen LogP contribution >= 0.6 is 11.6 Å². The Bertz CT molecular complexity index is 382. The number of nitrogens with two attached hydrogens (primary N) is 1. The fourth-order valence-electron chi connectivity index (χ4n) is 2.67. The Morgan fingerprint density at radius 1 is 1.29 bits per heavy atom. The Hall–Kier alpha value is -0.730. The van der Waals surface area contributed by atoms with Crippen molar-refractivity contribution >= 4 is 17.3 Å². The van der Waals surface area contributed by atoms with Crippen molar-refractivity contribution < 1.29 is 0 Å². The van der Waals surface area contributed by atoms with Crippen molar-refractivity contribution in [1.29, 1.82) is 0 Å². The van der Waals surface area contributed by atoms with Gasteiger partial charge in [0, 0.05) is 29.3 Å². The van der Waals surface area contributed by atoms with E-state index >= 15 is 0 Å². The maximum Gasteiger partial charge on any atom is 0.0471 e. The molecule has 2 N–H and O–H groups in total. The fraction of sp³-hybridized carbons (Fsp3) is 0.571. The molecule has 1 fully saturated rings. The molecule has 0 aliphatic carbocycles. The summed E-state index contributed by atoms with van der Waals surface area (Å²) in [5.74, 6) is 0. The molecule has 1 aliphatic heterocycles. The summed E-state index contributed by atoms with van der Waals surface area (Å²) in [6, 6.07) is 7.11. The number of anilines is 1. The number of likely N-dealkylation sites (tertiary alicyclic amines) is 1. The van der Waals surface area contributed by atoms with Gasteiger partial charge in [-0.25, -0.2) is 0 Å². The number of halogens is 1. The van der Waals surface area contributed by atoms with Crippen molar-refractivity contribution in [3.8, 4) is 0 Å². The minimum atomic E-state index is 0.646. The third-order valence-corrected chi connectivity index (χ3v) is 4.16. The van der Waals surface area contributed by atoms with E-state index in [0.717, 1.165) is 17.3 Å². The zero-order chi connectivity index (χ0) is 12.4. The van der Waals surface area contributed by atoms with Crippen molar-refractivity contribution in [3.63, 3.8) is 0 Å². The van der Waals surface area contributed by atoms with E-state index in [9.17, 15) is 0 Å². The van der Waals surface area contributed by atoms with Crippen LogP contribution in [0.5, 0.6) is 0 Å². The summed E-state index contributed by atoms with van der Waals surface area (Å²) in [5.41, 5.74) is 7.63. The van der Waals surface area contributed by atoms with Gasteiger partial charge in [-0.15, -0.1) is 0 Å². The Morgan fingerprint density at radius 2 is 1.94 bits per heavy atom. The van der Waals surface area contributed by atoms with E-state index in [0.29, 0.717) is 12.1 Å². The molecule has 0 amide bonds. The number of piperidine rings is 1. The van der Waals surface area contributed by atoms with Crippen LogP contribution in [0.2, 0.25) is 5.02 Å². The zero-order valence-corrected chi connectivity index (χ0v) is 11.4. The molecular formula is C14H21ClN2. The van der Waals surface area contributed by atoms with Gasteiger partial charge in [0.15, 0.2) is 0 Å². The highest BCUT2D eigenvalue weighted by atomic mass is 35.5. The number of nitrogens with zero attached hydrogens (tertiary/aromatic N) is 1. The van der Waals surface area contributed by atoms with Crippen molar-refractivity contribution in [3.05, 3.63) is 28.8 Å². The first-order valence-electron chi connectivity index (χ1n) is 6.37. The molecule has 2 nitrogen and oxygen atoms in total. The highest BCUT2D eigenvalue weighted by Gasteiger charge is 2.24. The van der Waals surface area contributed by atoms with Crippen LogP contribution in [-0.4, -0.2) is 17.0 Å². The lowest BCUT2D eigenvalue weighted by atomic mass is 9.97. The lowest BCUT2D eigenvalue weighted by Crippen LogP contribution is -2.43. The second kappa shape index (κ2) is 5.28. The molecule has 0 saturated carbocycles. The van der Waals surface area contributed by atoms with Gasteiger partial charge in [-0.3, -0.25) is 4.90 Å². The first-order valence-corrected chi connectivity index (χ1v) is 6.75. The summed E-state index contributed by atoms with van der Waals surface area (Å²) in [6.07, 6.45) is 3.92. The Kier molecular flexibility index (Phi) is 3.95. The molecule has 2 atom stereocenters. The molecule has 17 heavy (non-hydrogen) atoms. The molecule has 0 spiro atoms. The van der Waals surface area contributed by atoms with Gasteiger partial charge in [0.1, 0.15) is 0 Å². The summed E-state index contributed by atoms with van der Waals surface area (Å²) in [5, 5.41) is 0.787. The molecule has 0 radical (unpaired) electrons. The summed E-state index contributed by atoms with van der Waals surface area (Å²) < 4.78 is 0. The number of benzene rings is 1. The van der Waals surface area contributed by atoms with Crippen molar-refractivity contribution in [2.45, 2.75) is 51.7 Å². The summed E-state index contributed by atoms with van der Waals surface area (Å²) in [7, 11) is 0. The minimum Gasteiger partial charge on any atom is -0.399 e. The van der Waals surface area contributed by atoms with Crippen molar-refractivity contribution in [2.24, 2.45) is 0 Å². The normalized spacial score (nSPS) is 26.1. The van der Waals surface area contributed by atoms with Gasteiger partial charge in [-0.1, -0.05) is 24.1 Å². The minimum absolute atomic E-state index is 0.646. The van der Waals surface area contributed by atoms with E-state index in [1.54, 1.807) is 0 Å². The van der Waals surface area contributed by atoms with Crippen LogP contribution in [0.15, 0.2) is 18.2 Å². The van der Waals surface area contributed by atoms with Crippen molar-refractivity contribution in [2.75, 3.05) is 5.73 Å². The first kappa shape index (κ1) is 12.7. The molecule has 94 valence electrons. The van der Waals surface area contributed by atoms with Gasteiger partial charge in [0.2, 0.25) is 0 Å². The maximum atomic E-state index is 6.24.